The summed E-state index contributed by atoms with van der Waals surface area (Å²) in [5.74, 6) is 0.0675. The van der Waals surface area contributed by atoms with Crippen LogP contribution in [0, 0.1) is 6.92 Å². The van der Waals surface area contributed by atoms with Crippen molar-refractivity contribution < 1.29 is 9.90 Å². The molecule has 1 aliphatic heterocycles. The van der Waals surface area contributed by atoms with E-state index in [0.717, 1.165) is 11.1 Å². The Hall–Kier alpha value is -3.01. The lowest BCUT2D eigenvalue weighted by Gasteiger charge is -2.23. The smallest absolute Gasteiger partial charge is 0.267 e. The Labute approximate surface area is 194 Å². The van der Waals surface area contributed by atoms with Crippen LogP contribution >= 0.6 is 24.0 Å². The van der Waals surface area contributed by atoms with Gasteiger partial charge in [-0.05, 0) is 37.1 Å². The van der Waals surface area contributed by atoms with E-state index in [1.54, 1.807) is 23.2 Å². The summed E-state index contributed by atoms with van der Waals surface area (Å²) >= 11 is 6.66. The molecule has 0 spiro atoms. The SMILES string of the molecule is Cc1cccn2c(=O)c(C=C3SC(=S)N(C(C)c4ccccc4)C3=O)c(NCCO)nc12. The average molecular weight is 467 g/mol. The Balaban J connectivity index is 1.78. The summed E-state index contributed by atoms with van der Waals surface area (Å²) in [6.45, 7) is 3.90. The van der Waals surface area contributed by atoms with Crippen LogP contribution in [0.15, 0.2) is 58.4 Å². The van der Waals surface area contributed by atoms with E-state index in [2.05, 4.69) is 10.3 Å². The van der Waals surface area contributed by atoms with Gasteiger partial charge < -0.3 is 10.4 Å². The minimum absolute atomic E-state index is 0.120. The molecule has 2 aromatic heterocycles. The zero-order chi connectivity index (χ0) is 22.8. The first-order valence-electron chi connectivity index (χ1n) is 10.1. The van der Waals surface area contributed by atoms with Crippen molar-refractivity contribution >= 4 is 51.7 Å². The molecular formula is C23H22N4O3S2. The van der Waals surface area contributed by atoms with Crippen LogP contribution in [0.5, 0.6) is 0 Å². The van der Waals surface area contributed by atoms with Gasteiger partial charge in [0.05, 0.1) is 23.1 Å². The highest BCUT2D eigenvalue weighted by atomic mass is 32.2. The highest BCUT2D eigenvalue weighted by Gasteiger charge is 2.36. The lowest BCUT2D eigenvalue weighted by atomic mass is 10.1. The summed E-state index contributed by atoms with van der Waals surface area (Å²) in [7, 11) is 0. The Morgan fingerprint density at radius 1 is 1.22 bits per heavy atom. The molecule has 1 fully saturated rings. The molecule has 4 rings (SSSR count). The number of aliphatic hydroxyl groups excluding tert-OH is 1. The van der Waals surface area contributed by atoms with Crippen molar-refractivity contribution in [2.75, 3.05) is 18.5 Å². The van der Waals surface area contributed by atoms with Gasteiger partial charge in [0, 0.05) is 12.7 Å². The molecule has 1 unspecified atom stereocenters. The van der Waals surface area contributed by atoms with Crippen LogP contribution in [0.2, 0.25) is 0 Å². The number of thiocarbonyl (C=S) groups is 1. The highest BCUT2D eigenvalue weighted by Crippen LogP contribution is 2.38. The lowest BCUT2D eigenvalue weighted by Crippen LogP contribution is -2.31. The van der Waals surface area contributed by atoms with Gasteiger partial charge in [-0.1, -0.05) is 60.4 Å². The first kappa shape index (κ1) is 22.2. The molecule has 3 heterocycles. The molecule has 0 bridgehead atoms. The van der Waals surface area contributed by atoms with E-state index in [1.807, 2.05) is 50.2 Å². The van der Waals surface area contributed by atoms with Gasteiger partial charge in [0.2, 0.25) is 0 Å². The molecule has 3 aromatic rings. The number of hydrogen-bond donors (Lipinski definition) is 2. The maximum absolute atomic E-state index is 13.3. The second-order valence-electron chi connectivity index (χ2n) is 7.35. The van der Waals surface area contributed by atoms with E-state index in [4.69, 9.17) is 12.2 Å². The summed E-state index contributed by atoms with van der Waals surface area (Å²) in [6.07, 6.45) is 3.19. The van der Waals surface area contributed by atoms with Gasteiger partial charge >= 0.3 is 0 Å². The molecule has 0 saturated carbocycles. The third-order valence-electron chi connectivity index (χ3n) is 5.26. The molecular weight excluding hydrogens is 444 g/mol. The number of aliphatic hydroxyl groups is 1. The Morgan fingerprint density at radius 3 is 2.69 bits per heavy atom. The average Bonchev–Trinajstić information content (AvgIpc) is 3.08. The predicted molar refractivity (Wildman–Crippen MR) is 132 cm³/mol. The quantitative estimate of drug-likeness (QED) is 0.425. The minimum atomic E-state index is -0.305. The first-order chi connectivity index (χ1) is 15.4. The summed E-state index contributed by atoms with van der Waals surface area (Å²) in [5, 5.41) is 12.2. The van der Waals surface area contributed by atoms with Crippen LogP contribution in [-0.2, 0) is 4.79 Å². The molecule has 1 saturated heterocycles. The molecule has 9 heteroatoms. The summed E-state index contributed by atoms with van der Waals surface area (Å²) < 4.78 is 1.89. The number of pyridine rings is 1. The second-order valence-corrected chi connectivity index (χ2v) is 9.03. The zero-order valence-corrected chi connectivity index (χ0v) is 19.2. The normalized spacial score (nSPS) is 16.2. The number of nitrogens with one attached hydrogen (secondary N) is 1. The van der Waals surface area contributed by atoms with Crippen LogP contribution in [0.3, 0.4) is 0 Å². The molecule has 1 atom stereocenters. The van der Waals surface area contributed by atoms with Crippen molar-refractivity contribution in [2.45, 2.75) is 19.9 Å². The van der Waals surface area contributed by atoms with Crippen molar-refractivity contribution in [1.82, 2.24) is 14.3 Å². The van der Waals surface area contributed by atoms with Crippen LogP contribution in [0.4, 0.5) is 5.82 Å². The van der Waals surface area contributed by atoms with Gasteiger partial charge in [0.15, 0.2) is 0 Å². The lowest BCUT2D eigenvalue weighted by molar-refractivity contribution is -0.123. The van der Waals surface area contributed by atoms with Crippen molar-refractivity contribution in [3.63, 3.8) is 0 Å². The summed E-state index contributed by atoms with van der Waals surface area (Å²) in [4.78, 5) is 33.1. The number of benzene rings is 1. The number of amides is 1. The molecule has 1 aromatic carbocycles. The Morgan fingerprint density at radius 2 is 1.97 bits per heavy atom. The molecule has 2 N–H and O–H groups in total. The van der Waals surface area contributed by atoms with Gasteiger partial charge in [0.25, 0.3) is 11.5 Å². The number of aromatic nitrogens is 2. The van der Waals surface area contributed by atoms with Crippen LogP contribution < -0.4 is 10.9 Å². The molecule has 1 amide bonds. The number of aryl methyl sites for hydroxylation is 1. The van der Waals surface area contributed by atoms with Gasteiger partial charge in [-0.2, -0.15) is 0 Å². The molecule has 7 nitrogen and oxygen atoms in total. The van der Waals surface area contributed by atoms with Crippen molar-refractivity contribution in [1.29, 1.82) is 0 Å². The monoisotopic (exact) mass is 466 g/mol. The van der Waals surface area contributed by atoms with Gasteiger partial charge in [-0.25, -0.2) is 4.98 Å². The maximum atomic E-state index is 13.3. The van der Waals surface area contributed by atoms with Crippen LogP contribution in [0.1, 0.15) is 29.7 Å². The number of anilines is 1. The van der Waals surface area contributed by atoms with E-state index in [1.165, 1.54) is 16.2 Å². The van der Waals surface area contributed by atoms with Crippen LogP contribution in [-0.4, -0.2) is 42.8 Å². The number of rotatable bonds is 6. The number of carbonyl (C=O) groups excluding carboxylic acids is 1. The maximum Gasteiger partial charge on any atom is 0.267 e. The summed E-state index contributed by atoms with van der Waals surface area (Å²) in [5.41, 5.74) is 2.26. The van der Waals surface area contributed by atoms with Gasteiger partial charge in [0.1, 0.15) is 15.8 Å². The van der Waals surface area contributed by atoms with E-state index < -0.39 is 0 Å². The number of carbonyl (C=O) groups is 1. The fourth-order valence-corrected chi connectivity index (χ4v) is 4.98. The number of hydrogen-bond acceptors (Lipinski definition) is 7. The van der Waals surface area contributed by atoms with Crippen molar-refractivity contribution in [3.05, 3.63) is 80.6 Å². The van der Waals surface area contributed by atoms with E-state index in [9.17, 15) is 14.7 Å². The Kier molecular flexibility index (Phi) is 6.40. The van der Waals surface area contributed by atoms with E-state index in [0.29, 0.717) is 20.7 Å². The van der Waals surface area contributed by atoms with Gasteiger partial charge in [-0.3, -0.25) is 18.9 Å². The fourth-order valence-electron chi connectivity index (χ4n) is 3.58. The van der Waals surface area contributed by atoms with E-state index in [-0.39, 0.29) is 36.2 Å². The Bertz CT molecular complexity index is 1290. The van der Waals surface area contributed by atoms with Crippen molar-refractivity contribution in [3.8, 4) is 0 Å². The van der Waals surface area contributed by atoms with Crippen molar-refractivity contribution in [2.24, 2.45) is 0 Å². The number of nitrogens with zero attached hydrogens (tertiary/aromatic N) is 3. The largest absolute Gasteiger partial charge is 0.395 e. The zero-order valence-electron chi connectivity index (χ0n) is 17.6. The fraction of sp³-hybridized carbons (Fsp3) is 0.217. The van der Waals surface area contributed by atoms with E-state index >= 15 is 0 Å². The summed E-state index contributed by atoms with van der Waals surface area (Å²) in [6, 6.07) is 13.1. The third kappa shape index (κ3) is 4.06. The molecule has 1 aliphatic rings. The minimum Gasteiger partial charge on any atom is -0.395 e. The predicted octanol–water partition coefficient (Wildman–Crippen LogP) is 3.37. The molecule has 0 radical (unpaired) electrons. The molecule has 0 aliphatic carbocycles. The third-order valence-corrected chi connectivity index (χ3v) is 6.59. The van der Waals surface area contributed by atoms with Crippen LogP contribution in [0.25, 0.3) is 11.7 Å². The standard InChI is InChI=1S/C23H22N4O3S2/c1-14-7-6-11-26-20(14)25-19(24-10-12-28)17(21(26)29)13-18-22(30)27(23(31)32-18)15(2)16-8-4-3-5-9-16/h3-9,11,13,15,24,28H,10,12H2,1-2H3. The van der Waals surface area contributed by atoms with Gasteiger partial charge in [-0.15, -0.1) is 0 Å². The first-order valence-corrected chi connectivity index (χ1v) is 11.3. The highest BCUT2D eigenvalue weighted by molar-refractivity contribution is 8.26. The molecule has 32 heavy (non-hydrogen) atoms. The number of fused-ring (bicyclic) bond motifs is 1. The number of thioether (sulfide) groups is 1. The molecule has 164 valence electrons. The topological polar surface area (TPSA) is 86.9 Å². The second kappa shape index (κ2) is 9.23.